The summed E-state index contributed by atoms with van der Waals surface area (Å²) in [5.41, 5.74) is 2.66. The molecule has 5 heterocycles. The van der Waals surface area contributed by atoms with Gasteiger partial charge in [-0.25, -0.2) is 19.9 Å². The minimum absolute atomic E-state index is 0.0581. The van der Waals surface area contributed by atoms with Crippen LogP contribution in [0.5, 0.6) is 0 Å². The summed E-state index contributed by atoms with van der Waals surface area (Å²) in [6, 6.07) is 9.45. The molecule has 10 nitrogen and oxygen atoms in total. The third kappa shape index (κ3) is 5.53. The first-order chi connectivity index (χ1) is 17.2. The van der Waals surface area contributed by atoms with Crippen LogP contribution in [0.15, 0.2) is 42.9 Å². The molecule has 1 amide bonds. The fraction of sp³-hybridized carbons (Fsp3) is 0.360. The van der Waals surface area contributed by atoms with Gasteiger partial charge in [0.25, 0.3) is 0 Å². The molecule has 3 aromatic heterocycles. The number of hydrogen-bond donors (Lipinski definition) is 2. The van der Waals surface area contributed by atoms with Crippen LogP contribution in [0.25, 0.3) is 11.3 Å². The zero-order valence-corrected chi connectivity index (χ0v) is 19.4. The quantitative estimate of drug-likeness (QED) is 0.537. The largest absolute Gasteiger partial charge is 0.356 e. The summed E-state index contributed by atoms with van der Waals surface area (Å²) in [7, 11) is 0. The Hall–Kier alpha value is -4.10. The fourth-order valence-corrected chi connectivity index (χ4v) is 4.44. The molecule has 0 aliphatic carbocycles. The molecule has 2 aliphatic heterocycles. The summed E-state index contributed by atoms with van der Waals surface area (Å²) in [6.45, 7) is 4.19. The van der Waals surface area contributed by atoms with Gasteiger partial charge in [0.05, 0.1) is 29.7 Å². The molecule has 2 fully saturated rings. The maximum atomic E-state index is 12.2. The van der Waals surface area contributed by atoms with Gasteiger partial charge in [0.2, 0.25) is 11.9 Å². The zero-order valence-electron chi connectivity index (χ0n) is 19.4. The highest BCUT2D eigenvalue weighted by Crippen LogP contribution is 2.26. The molecule has 35 heavy (non-hydrogen) atoms. The van der Waals surface area contributed by atoms with Gasteiger partial charge in [-0.1, -0.05) is 0 Å². The first-order valence-corrected chi connectivity index (χ1v) is 11.9. The number of hydrogen-bond acceptors (Lipinski definition) is 9. The standard InChI is InChI=1S/C25H27N9O/c26-14-18-13-19(15-29-24(18)34-11-3-4-12-34)21-7-8-27-25(31-21)30-20-5-6-22(28-16-20)32-23(35)17-33-9-1-2-10-33/h5-8,13,15-16H,1-4,9-12,17H2,(H,27,30,31)(H,28,32,35). The summed E-state index contributed by atoms with van der Waals surface area (Å²) in [4.78, 5) is 34.3. The number of aromatic nitrogens is 4. The minimum Gasteiger partial charge on any atom is -0.356 e. The van der Waals surface area contributed by atoms with Gasteiger partial charge in [0.15, 0.2) is 0 Å². The van der Waals surface area contributed by atoms with Crippen molar-refractivity contribution in [3.63, 3.8) is 0 Å². The van der Waals surface area contributed by atoms with Gasteiger partial charge in [-0.05, 0) is 63.0 Å². The van der Waals surface area contributed by atoms with E-state index in [0.717, 1.165) is 63.2 Å². The van der Waals surface area contributed by atoms with Crippen LogP contribution in [0.4, 0.5) is 23.3 Å². The van der Waals surface area contributed by atoms with Crippen LogP contribution in [-0.4, -0.2) is 63.5 Å². The number of anilines is 4. The Kier molecular flexibility index (Phi) is 6.77. The molecule has 0 aromatic carbocycles. The van der Waals surface area contributed by atoms with Crippen LogP contribution in [0, 0.1) is 11.3 Å². The number of amides is 1. The van der Waals surface area contributed by atoms with Crippen molar-refractivity contribution >= 4 is 29.2 Å². The number of nitrogens with one attached hydrogen (secondary N) is 2. The molecular weight excluding hydrogens is 442 g/mol. The van der Waals surface area contributed by atoms with Gasteiger partial charge < -0.3 is 15.5 Å². The summed E-state index contributed by atoms with van der Waals surface area (Å²) < 4.78 is 0. The Morgan fingerprint density at radius 1 is 1.00 bits per heavy atom. The topological polar surface area (TPSA) is 123 Å². The predicted molar refractivity (Wildman–Crippen MR) is 133 cm³/mol. The molecule has 0 saturated carbocycles. The number of nitriles is 1. The van der Waals surface area contributed by atoms with E-state index in [0.29, 0.717) is 35.3 Å². The van der Waals surface area contributed by atoms with Crippen molar-refractivity contribution < 1.29 is 4.79 Å². The highest BCUT2D eigenvalue weighted by Gasteiger charge is 2.18. The number of pyridine rings is 2. The first kappa shape index (κ1) is 22.7. The molecule has 2 saturated heterocycles. The van der Waals surface area contributed by atoms with Gasteiger partial charge in [0.1, 0.15) is 17.7 Å². The molecule has 178 valence electrons. The van der Waals surface area contributed by atoms with E-state index in [9.17, 15) is 10.1 Å². The van der Waals surface area contributed by atoms with Gasteiger partial charge in [0, 0.05) is 31.0 Å². The maximum absolute atomic E-state index is 12.2. The van der Waals surface area contributed by atoms with E-state index >= 15 is 0 Å². The second-order valence-electron chi connectivity index (χ2n) is 8.76. The molecule has 0 radical (unpaired) electrons. The smallest absolute Gasteiger partial charge is 0.239 e. The van der Waals surface area contributed by atoms with E-state index in [1.807, 2.05) is 12.1 Å². The Balaban J connectivity index is 1.24. The number of carbonyl (C=O) groups is 1. The lowest BCUT2D eigenvalue weighted by molar-refractivity contribution is -0.117. The average Bonchev–Trinajstić information content (AvgIpc) is 3.60. The molecule has 0 unspecified atom stereocenters. The van der Waals surface area contributed by atoms with Crippen molar-refractivity contribution in [2.75, 3.05) is 48.3 Å². The molecule has 0 spiro atoms. The van der Waals surface area contributed by atoms with Crippen molar-refractivity contribution in [1.29, 1.82) is 5.26 Å². The van der Waals surface area contributed by atoms with Gasteiger partial charge in [-0.2, -0.15) is 5.26 Å². The van der Waals surface area contributed by atoms with E-state index in [2.05, 4.69) is 46.4 Å². The van der Waals surface area contributed by atoms with E-state index in [4.69, 9.17) is 0 Å². The second kappa shape index (κ2) is 10.4. The SMILES string of the molecule is N#Cc1cc(-c2ccnc(Nc3ccc(NC(=O)CN4CCCC4)nc3)n2)cnc1N1CCCC1. The molecule has 2 N–H and O–H groups in total. The lowest BCUT2D eigenvalue weighted by Crippen LogP contribution is -2.31. The van der Waals surface area contributed by atoms with E-state index in [1.165, 1.54) is 0 Å². The molecule has 5 rings (SSSR count). The summed E-state index contributed by atoms with van der Waals surface area (Å²) in [6.07, 6.45) is 9.57. The minimum atomic E-state index is -0.0581. The van der Waals surface area contributed by atoms with Crippen LogP contribution in [-0.2, 0) is 4.79 Å². The predicted octanol–water partition coefficient (Wildman–Crippen LogP) is 3.18. The van der Waals surface area contributed by atoms with Crippen molar-refractivity contribution in [3.05, 3.63) is 48.4 Å². The number of likely N-dealkylation sites (tertiary alicyclic amines) is 1. The molecule has 2 aliphatic rings. The molecule has 3 aromatic rings. The summed E-state index contributed by atoms with van der Waals surface area (Å²) >= 11 is 0. The fourth-order valence-electron chi connectivity index (χ4n) is 4.44. The van der Waals surface area contributed by atoms with Gasteiger partial charge in [-0.15, -0.1) is 0 Å². The summed E-state index contributed by atoms with van der Waals surface area (Å²) in [5.74, 6) is 1.58. The molecular formula is C25H27N9O. The van der Waals surface area contributed by atoms with Crippen molar-refractivity contribution in [3.8, 4) is 17.3 Å². The van der Waals surface area contributed by atoms with Gasteiger partial charge in [-0.3, -0.25) is 9.69 Å². The third-order valence-corrected chi connectivity index (χ3v) is 6.20. The van der Waals surface area contributed by atoms with Crippen LogP contribution >= 0.6 is 0 Å². The summed E-state index contributed by atoms with van der Waals surface area (Å²) in [5, 5.41) is 15.6. The van der Waals surface area contributed by atoms with Crippen molar-refractivity contribution in [2.24, 2.45) is 0 Å². The molecule has 0 atom stereocenters. The van der Waals surface area contributed by atoms with E-state index < -0.39 is 0 Å². The normalized spacial score (nSPS) is 15.7. The van der Waals surface area contributed by atoms with Crippen molar-refractivity contribution in [1.82, 2.24) is 24.8 Å². The van der Waals surface area contributed by atoms with Crippen LogP contribution < -0.4 is 15.5 Å². The van der Waals surface area contributed by atoms with Gasteiger partial charge >= 0.3 is 0 Å². The van der Waals surface area contributed by atoms with Crippen LogP contribution in [0.1, 0.15) is 31.2 Å². The lowest BCUT2D eigenvalue weighted by atomic mass is 10.1. The van der Waals surface area contributed by atoms with Crippen LogP contribution in [0.2, 0.25) is 0 Å². The molecule has 10 heteroatoms. The highest BCUT2D eigenvalue weighted by molar-refractivity contribution is 5.91. The van der Waals surface area contributed by atoms with E-state index in [-0.39, 0.29) is 5.91 Å². The van der Waals surface area contributed by atoms with Crippen molar-refractivity contribution in [2.45, 2.75) is 25.7 Å². The average molecular weight is 470 g/mol. The number of rotatable bonds is 7. The lowest BCUT2D eigenvalue weighted by Gasteiger charge is -2.18. The second-order valence-corrected chi connectivity index (χ2v) is 8.76. The zero-order chi connectivity index (χ0) is 24.0. The maximum Gasteiger partial charge on any atom is 0.239 e. The Morgan fingerprint density at radius 3 is 2.54 bits per heavy atom. The Bertz CT molecular complexity index is 1230. The third-order valence-electron chi connectivity index (χ3n) is 6.20. The molecule has 0 bridgehead atoms. The highest BCUT2D eigenvalue weighted by atomic mass is 16.2. The monoisotopic (exact) mass is 469 g/mol. The number of carbonyl (C=O) groups excluding carboxylic acids is 1. The van der Waals surface area contributed by atoms with E-state index in [1.54, 1.807) is 30.7 Å². The Morgan fingerprint density at radius 2 is 1.80 bits per heavy atom. The van der Waals surface area contributed by atoms with Crippen LogP contribution in [0.3, 0.4) is 0 Å². The first-order valence-electron chi connectivity index (χ1n) is 11.9. The number of nitrogens with zero attached hydrogens (tertiary/aromatic N) is 7. The Labute approximate surface area is 204 Å².